The van der Waals surface area contributed by atoms with E-state index in [2.05, 4.69) is 0 Å². The Hall–Kier alpha value is -3.72. The van der Waals surface area contributed by atoms with E-state index in [0.29, 0.717) is 22.4 Å². The molecule has 0 atom stereocenters. The van der Waals surface area contributed by atoms with Gasteiger partial charge in [0.1, 0.15) is 18.1 Å². The molecule has 0 bridgehead atoms. The predicted octanol–water partition coefficient (Wildman–Crippen LogP) is 5.87. The second-order valence-electron chi connectivity index (χ2n) is 8.09. The van der Waals surface area contributed by atoms with Crippen LogP contribution in [0.5, 0.6) is 28.7 Å². The lowest BCUT2D eigenvalue weighted by molar-refractivity contribution is 0.341. The summed E-state index contributed by atoms with van der Waals surface area (Å²) < 4.78 is 67.2. The minimum absolute atomic E-state index is 0.0541. The summed E-state index contributed by atoms with van der Waals surface area (Å²) in [6.07, 6.45) is 2.75. The summed E-state index contributed by atoms with van der Waals surface area (Å²) in [5, 5.41) is 0. The van der Waals surface area contributed by atoms with Gasteiger partial charge in [0.15, 0.2) is 23.1 Å². The summed E-state index contributed by atoms with van der Waals surface area (Å²) in [5.41, 5.74) is 2.64. The molecule has 3 aromatic rings. The molecule has 36 heavy (non-hydrogen) atoms. The summed E-state index contributed by atoms with van der Waals surface area (Å²) >= 11 is 0. The Morgan fingerprint density at radius 3 is 2.14 bits per heavy atom. The van der Waals surface area contributed by atoms with E-state index in [9.17, 15) is 12.8 Å². The molecule has 0 heterocycles. The Bertz CT molecular complexity index is 1380. The van der Waals surface area contributed by atoms with E-state index < -0.39 is 15.9 Å². The van der Waals surface area contributed by atoms with E-state index >= 15 is 0 Å². The van der Waals surface area contributed by atoms with Gasteiger partial charge in [0, 0.05) is 11.1 Å². The average Bonchev–Trinajstić information content (AvgIpc) is 2.83. The molecule has 0 amide bonds. The normalized spacial score (nSPS) is 11.0. The first-order chi connectivity index (χ1) is 17.1. The van der Waals surface area contributed by atoms with Gasteiger partial charge in [-0.05, 0) is 49.8 Å². The van der Waals surface area contributed by atoms with Crippen LogP contribution in [0.15, 0.2) is 60.2 Å². The first-order valence-corrected chi connectivity index (χ1v) is 12.8. The molecule has 3 aromatic carbocycles. The molecule has 0 aliphatic carbocycles. The molecule has 0 saturated heterocycles. The number of methoxy groups -OCH3 is 3. The van der Waals surface area contributed by atoms with Crippen LogP contribution in [-0.4, -0.2) is 42.6 Å². The van der Waals surface area contributed by atoms with Crippen LogP contribution >= 0.6 is 0 Å². The van der Waals surface area contributed by atoms with E-state index in [1.807, 2.05) is 19.9 Å². The maximum atomic E-state index is 15.0. The second kappa shape index (κ2) is 11.3. The van der Waals surface area contributed by atoms with Crippen molar-refractivity contribution in [3.05, 3.63) is 66.0 Å². The van der Waals surface area contributed by atoms with Gasteiger partial charge >= 0.3 is 10.1 Å². The fourth-order valence-corrected chi connectivity index (χ4v) is 4.08. The fraction of sp³-hybridized carbons (Fsp3) is 0.259. The molecule has 0 spiro atoms. The van der Waals surface area contributed by atoms with Gasteiger partial charge in [-0.3, -0.25) is 0 Å². The van der Waals surface area contributed by atoms with E-state index in [0.717, 1.165) is 11.8 Å². The third-order valence-electron chi connectivity index (χ3n) is 5.21. The summed E-state index contributed by atoms with van der Waals surface area (Å²) in [7, 11) is 0.327. The highest BCUT2D eigenvalue weighted by Crippen LogP contribution is 2.52. The van der Waals surface area contributed by atoms with Gasteiger partial charge in [0.05, 0.1) is 33.1 Å². The average molecular weight is 517 g/mol. The molecule has 0 fully saturated rings. The minimum Gasteiger partial charge on any atom is -0.496 e. The maximum absolute atomic E-state index is 15.0. The molecule has 0 aliphatic rings. The highest BCUT2D eigenvalue weighted by Gasteiger charge is 2.27. The summed E-state index contributed by atoms with van der Waals surface area (Å²) in [6, 6.07) is 13.1. The van der Waals surface area contributed by atoms with Gasteiger partial charge in [0.25, 0.3) is 0 Å². The molecule has 3 rings (SSSR count). The van der Waals surface area contributed by atoms with E-state index in [1.54, 1.807) is 36.4 Å². The van der Waals surface area contributed by atoms with Crippen molar-refractivity contribution in [1.82, 2.24) is 0 Å². The third kappa shape index (κ3) is 6.09. The molecular weight excluding hydrogens is 487 g/mol. The molecular formula is C27H29FO7S. The molecule has 0 radical (unpaired) electrons. The Morgan fingerprint density at radius 1 is 0.861 bits per heavy atom. The van der Waals surface area contributed by atoms with Crippen LogP contribution in [0.4, 0.5) is 4.39 Å². The number of hydrogen-bond donors (Lipinski definition) is 0. The zero-order valence-electron chi connectivity index (χ0n) is 21.0. The Balaban J connectivity index is 2.28. The summed E-state index contributed by atoms with van der Waals surface area (Å²) in [5.74, 6) is 0.170. The van der Waals surface area contributed by atoms with Crippen LogP contribution in [-0.2, 0) is 10.1 Å². The van der Waals surface area contributed by atoms with Gasteiger partial charge < -0.3 is 23.1 Å². The van der Waals surface area contributed by atoms with Crippen molar-refractivity contribution in [2.24, 2.45) is 0 Å². The van der Waals surface area contributed by atoms with Gasteiger partial charge in [-0.25, -0.2) is 4.39 Å². The second-order valence-corrected chi connectivity index (χ2v) is 9.66. The van der Waals surface area contributed by atoms with Crippen molar-refractivity contribution in [3.63, 3.8) is 0 Å². The molecule has 7 nitrogen and oxygen atoms in total. The van der Waals surface area contributed by atoms with Crippen LogP contribution in [0.2, 0.25) is 0 Å². The summed E-state index contributed by atoms with van der Waals surface area (Å²) in [4.78, 5) is 0. The van der Waals surface area contributed by atoms with Crippen LogP contribution < -0.4 is 23.1 Å². The molecule has 0 aromatic heterocycles. The maximum Gasteiger partial charge on any atom is 0.306 e. The molecule has 9 heteroatoms. The standard InChI is InChI=1S/C27H29FO7S/c1-17(2)13-14-34-23-12-11-18(15-21(23)28)25-24(32-4)16-20(19-9-7-8-10-22(19)31-3)26(33-5)27(25)35-36(6,29)30/h7-13,15-16H,14H2,1-6H3. The lowest BCUT2D eigenvalue weighted by atomic mass is 9.96. The first-order valence-electron chi connectivity index (χ1n) is 11.0. The third-order valence-corrected chi connectivity index (χ3v) is 5.68. The Morgan fingerprint density at radius 2 is 1.56 bits per heavy atom. The SMILES string of the molecule is COc1ccccc1-c1cc(OC)c(-c2ccc(OCC=C(C)C)c(F)c2)c(OS(C)(=O)=O)c1OC. The molecule has 0 saturated carbocycles. The monoisotopic (exact) mass is 516 g/mol. The van der Waals surface area contributed by atoms with Crippen LogP contribution in [0, 0.1) is 5.82 Å². The number of para-hydroxylation sites is 1. The van der Waals surface area contributed by atoms with Crippen molar-refractivity contribution in [3.8, 4) is 51.0 Å². The Kier molecular flexibility index (Phi) is 8.47. The minimum atomic E-state index is -4.01. The first kappa shape index (κ1) is 26.9. The van der Waals surface area contributed by atoms with Gasteiger partial charge in [0.2, 0.25) is 0 Å². The highest BCUT2D eigenvalue weighted by atomic mass is 32.2. The highest BCUT2D eigenvalue weighted by molar-refractivity contribution is 7.86. The van der Waals surface area contributed by atoms with Crippen molar-refractivity contribution in [1.29, 1.82) is 0 Å². The van der Waals surface area contributed by atoms with Crippen molar-refractivity contribution in [2.45, 2.75) is 13.8 Å². The van der Waals surface area contributed by atoms with Gasteiger partial charge in [-0.2, -0.15) is 8.42 Å². The predicted molar refractivity (Wildman–Crippen MR) is 137 cm³/mol. The number of benzene rings is 3. The van der Waals surface area contributed by atoms with E-state index in [4.69, 9.17) is 23.1 Å². The van der Waals surface area contributed by atoms with Crippen molar-refractivity contribution < 1.29 is 35.9 Å². The largest absolute Gasteiger partial charge is 0.496 e. The number of halogens is 1. The smallest absolute Gasteiger partial charge is 0.306 e. The molecule has 192 valence electrons. The molecule has 0 N–H and O–H groups in total. The Labute approximate surface area is 211 Å². The fourth-order valence-electron chi connectivity index (χ4n) is 3.62. The lowest BCUT2D eigenvalue weighted by Gasteiger charge is -2.21. The zero-order chi connectivity index (χ0) is 26.5. The topological polar surface area (TPSA) is 80.3 Å². The number of ether oxygens (including phenoxy) is 4. The lowest BCUT2D eigenvalue weighted by Crippen LogP contribution is -2.09. The number of hydrogen-bond acceptors (Lipinski definition) is 7. The molecule has 0 aliphatic heterocycles. The number of rotatable bonds is 10. The van der Waals surface area contributed by atoms with Crippen molar-refractivity contribution >= 4 is 10.1 Å². The zero-order valence-corrected chi connectivity index (χ0v) is 21.9. The quantitative estimate of drug-likeness (QED) is 0.246. The van der Waals surface area contributed by atoms with Crippen LogP contribution in [0.25, 0.3) is 22.3 Å². The van der Waals surface area contributed by atoms with Crippen LogP contribution in [0.1, 0.15) is 13.8 Å². The van der Waals surface area contributed by atoms with Crippen molar-refractivity contribution in [2.75, 3.05) is 34.2 Å². The van der Waals surface area contributed by atoms with Gasteiger partial charge in [-0.15, -0.1) is 0 Å². The van der Waals surface area contributed by atoms with Crippen LogP contribution in [0.3, 0.4) is 0 Å². The summed E-state index contributed by atoms with van der Waals surface area (Å²) in [6.45, 7) is 4.05. The van der Waals surface area contributed by atoms with E-state index in [-0.39, 0.29) is 35.2 Å². The van der Waals surface area contributed by atoms with Gasteiger partial charge in [-0.1, -0.05) is 29.8 Å². The van der Waals surface area contributed by atoms with E-state index in [1.165, 1.54) is 33.5 Å². The number of allylic oxidation sites excluding steroid dienone is 1. The molecule has 0 unspecified atom stereocenters.